The molecule has 2 atom stereocenters. The summed E-state index contributed by atoms with van der Waals surface area (Å²) in [5.41, 5.74) is 5.84. The van der Waals surface area contributed by atoms with Gasteiger partial charge in [-0.05, 0) is 31.5 Å². The van der Waals surface area contributed by atoms with Gasteiger partial charge in [-0.25, -0.2) is 4.79 Å². The molecule has 0 radical (unpaired) electrons. The number of anilines is 2. The molecule has 0 unspecified atom stereocenters. The summed E-state index contributed by atoms with van der Waals surface area (Å²) in [6, 6.07) is 16.1. The number of para-hydroxylation sites is 2. The Morgan fingerprint density at radius 3 is 2.50 bits per heavy atom. The Labute approximate surface area is 141 Å². The van der Waals surface area contributed by atoms with Gasteiger partial charge in [0.25, 0.3) is 0 Å². The normalized spacial score (nSPS) is 22.5. The Kier molecular flexibility index (Phi) is 3.53. The second kappa shape index (κ2) is 5.71. The third-order valence-electron chi connectivity index (χ3n) is 4.56. The zero-order chi connectivity index (χ0) is 16.7. The number of hydrogen-bond donors (Lipinski definition) is 2. The molecule has 122 valence electrons. The Bertz CT molecular complexity index is 824. The summed E-state index contributed by atoms with van der Waals surface area (Å²) in [6.45, 7) is 3.98. The largest absolute Gasteiger partial charge is 0.459 e. The van der Waals surface area contributed by atoms with Crippen molar-refractivity contribution in [1.29, 1.82) is 0 Å². The lowest BCUT2D eigenvalue weighted by molar-refractivity contribution is -0.145. The Morgan fingerprint density at radius 1 is 1.04 bits per heavy atom. The van der Waals surface area contributed by atoms with Crippen molar-refractivity contribution in [3.05, 3.63) is 70.9 Å². The van der Waals surface area contributed by atoms with Crippen LogP contribution in [0.3, 0.4) is 0 Å². The minimum Gasteiger partial charge on any atom is -0.459 e. The number of nitrogens with one attached hydrogen (secondary N) is 2. The monoisotopic (exact) mass is 320 g/mol. The number of esters is 1. The summed E-state index contributed by atoms with van der Waals surface area (Å²) >= 11 is 0. The van der Waals surface area contributed by atoms with Crippen LogP contribution in [-0.2, 0) is 9.53 Å². The fourth-order valence-corrected chi connectivity index (χ4v) is 3.34. The number of ether oxygens (including phenoxy) is 1. The summed E-state index contributed by atoms with van der Waals surface area (Å²) in [5.74, 6) is -0.248. The summed E-state index contributed by atoms with van der Waals surface area (Å²) in [4.78, 5) is 12.6. The number of carbonyl (C=O) groups is 1. The van der Waals surface area contributed by atoms with E-state index in [9.17, 15) is 4.79 Å². The molecule has 2 aromatic carbocycles. The topological polar surface area (TPSA) is 50.4 Å². The van der Waals surface area contributed by atoms with Crippen molar-refractivity contribution in [2.24, 2.45) is 0 Å². The van der Waals surface area contributed by atoms with E-state index in [4.69, 9.17) is 4.74 Å². The van der Waals surface area contributed by atoms with Crippen molar-refractivity contribution >= 4 is 17.3 Å². The molecule has 0 saturated carbocycles. The number of aryl methyl sites for hydroxylation is 1. The highest BCUT2D eigenvalue weighted by Crippen LogP contribution is 2.40. The van der Waals surface area contributed by atoms with Gasteiger partial charge in [0.2, 0.25) is 0 Å². The van der Waals surface area contributed by atoms with E-state index in [1.165, 1.54) is 5.56 Å². The SMILES string of the molecule is Cc1ccc([C@@H]2Nc3ccccc3NC3=C2C(=O)O[C@H](C)C3)cc1. The lowest BCUT2D eigenvalue weighted by atomic mass is 9.93. The predicted molar refractivity (Wildman–Crippen MR) is 94.8 cm³/mol. The van der Waals surface area contributed by atoms with Crippen LogP contribution in [0.1, 0.15) is 30.5 Å². The fourth-order valence-electron chi connectivity index (χ4n) is 3.34. The van der Waals surface area contributed by atoms with Crippen LogP contribution in [0.15, 0.2) is 59.8 Å². The molecule has 24 heavy (non-hydrogen) atoms. The van der Waals surface area contributed by atoms with Gasteiger partial charge >= 0.3 is 5.97 Å². The lowest BCUT2D eigenvalue weighted by Crippen LogP contribution is -2.30. The third kappa shape index (κ3) is 2.54. The molecule has 0 fully saturated rings. The van der Waals surface area contributed by atoms with Crippen LogP contribution in [0.5, 0.6) is 0 Å². The molecular weight excluding hydrogens is 300 g/mol. The highest BCUT2D eigenvalue weighted by Gasteiger charge is 2.35. The lowest BCUT2D eigenvalue weighted by Gasteiger charge is -2.28. The average molecular weight is 320 g/mol. The van der Waals surface area contributed by atoms with Crippen molar-refractivity contribution in [2.45, 2.75) is 32.4 Å². The first-order chi connectivity index (χ1) is 11.6. The molecule has 2 aliphatic heterocycles. The number of cyclic esters (lactones) is 1. The molecule has 0 aromatic heterocycles. The summed E-state index contributed by atoms with van der Waals surface area (Å²) in [7, 11) is 0. The van der Waals surface area contributed by atoms with E-state index in [0.29, 0.717) is 12.0 Å². The number of hydrogen-bond acceptors (Lipinski definition) is 4. The van der Waals surface area contributed by atoms with Gasteiger partial charge in [-0.15, -0.1) is 0 Å². The standard InChI is InChI=1S/C20H20N2O2/c1-12-7-9-14(10-8-12)19-18-17(11-13(2)24-20(18)23)21-15-5-3-4-6-16(15)22-19/h3-10,13,19,21-22H,11H2,1-2H3/t13-,19+/m1/s1. The molecule has 4 nitrogen and oxygen atoms in total. The second-order valence-electron chi connectivity index (χ2n) is 6.47. The van der Waals surface area contributed by atoms with Gasteiger partial charge in [-0.2, -0.15) is 0 Å². The van der Waals surface area contributed by atoms with Crippen LogP contribution in [0.25, 0.3) is 0 Å². The van der Waals surface area contributed by atoms with Crippen molar-refractivity contribution in [2.75, 3.05) is 10.6 Å². The van der Waals surface area contributed by atoms with E-state index in [-0.39, 0.29) is 18.1 Å². The van der Waals surface area contributed by atoms with E-state index in [1.54, 1.807) is 0 Å². The quantitative estimate of drug-likeness (QED) is 0.775. The van der Waals surface area contributed by atoms with Gasteiger partial charge in [0.05, 0.1) is 23.0 Å². The van der Waals surface area contributed by atoms with Crippen molar-refractivity contribution in [3.8, 4) is 0 Å². The third-order valence-corrected chi connectivity index (χ3v) is 4.56. The number of carbonyl (C=O) groups excluding carboxylic acids is 1. The maximum Gasteiger partial charge on any atom is 0.338 e. The molecule has 0 aliphatic carbocycles. The molecule has 2 heterocycles. The molecule has 0 amide bonds. The van der Waals surface area contributed by atoms with Gasteiger partial charge in [0.15, 0.2) is 0 Å². The minimum atomic E-state index is -0.248. The van der Waals surface area contributed by atoms with Crippen LogP contribution in [-0.4, -0.2) is 12.1 Å². The second-order valence-corrected chi connectivity index (χ2v) is 6.47. The zero-order valence-electron chi connectivity index (χ0n) is 13.8. The van der Waals surface area contributed by atoms with Crippen LogP contribution in [0.4, 0.5) is 11.4 Å². The Balaban J connectivity index is 1.87. The molecule has 0 bridgehead atoms. The molecule has 0 saturated heterocycles. The van der Waals surface area contributed by atoms with Crippen molar-refractivity contribution in [3.63, 3.8) is 0 Å². The van der Waals surface area contributed by atoms with Crippen molar-refractivity contribution in [1.82, 2.24) is 0 Å². The molecular formula is C20H20N2O2. The molecule has 4 heteroatoms. The zero-order valence-corrected chi connectivity index (χ0v) is 13.8. The van der Waals surface area contributed by atoms with Gasteiger partial charge in [-0.1, -0.05) is 42.0 Å². The summed E-state index contributed by atoms with van der Waals surface area (Å²) in [6.07, 6.45) is 0.576. The highest BCUT2D eigenvalue weighted by atomic mass is 16.5. The van der Waals surface area contributed by atoms with E-state index >= 15 is 0 Å². The van der Waals surface area contributed by atoms with E-state index in [0.717, 1.165) is 22.6 Å². The number of rotatable bonds is 1. The predicted octanol–water partition coefficient (Wildman–Crippen LogP) is 4.16. The summed E-state index contributed by atoms with van der Waals surface area (Å²) < 4.78 is 5.51. The first-order valence-electron chi connectivity index (χ1n) is 8.25. The van der Waals surface area contributed by atoms with E-state index in [1.807, 2.05) is 31.2 Å². The maximum atomic E-state index is 12.6. The van der Waals surface area contributed by atoms with Crippen molar-refractivity contribution < 1.29 is 9.53 Å². The first-order valence-corrected chi connectivity index (χ1v) is 8.25. The van der Waals surface area contributed by atoms with Gasteiger partial charge in [0.1, 0.15) is 6.10 Å². The minimum absolute atomic E-state index is 0.118. The first kappa shape index (κ1) is 14.8. The van der Waals surface area contributed by atoms with Crippen LogP contribution in [0, 0.1) is 6.92 Å². The van der Waals surface area contributed by atoms with E-state index < -0.39 is 0 Å². The highest BCUT2D eigenvalue weighted by molar-refractivity contribution is 5.95. The number of fused-ring (bicyclic) bond motifs is 1. The Hall–Kier alpha value is -2.75. The van der Waals surface area contributed by atoms with Crippen LogP contribution < -0.4 is 10.6 Å². The van der Waals surface area contributed by atoms with Gasteiger partial charge in [-0.3, -0.25) is 0 Å². The molecule has 2 N–H and O–H groups in total. The summed E-state index contributed by atoms with van der Waals surface area (Å²) in [5, 5.41) is 6.97. The number of benzene rings is 2. The van der Waals surface area contributed by atoms with E-state index in [2.05, 4.69) is 41.8 Å². The fraction of sp³-hybridized carbons (Fsp3) is 0.250. The average Bonchev–Trinajstić information content (AvgIpc) is 2.72. The smallest absolute Gasteiger partial charge is 0.338 e. The van der Waals surface area contributed by atoms with Crippen LogP contribution >= 0.6 is 0 Å². The molecule has 4 rings (SSSR count). The maximum absolute atomic E-state index is 12.6. The molecule has 0 spiro atoms. The van der Waals surface area contributed by atoms with Gasteiger partial charge < -0.3 is 15.4 Å². The molecule has 2 aliphatic rings. The van der Waals surface area contributed by atoms with Crippen LogP contribution in [0.2, 0.25) is 0 Å². The molecule has 2 aromatic rings. The van der Waals surface area contributed by atoms with Gasteiger partial charge in [0, 0.05) is 12.1 Å². The Morgan fingerprint density at radius 2 is 1.75 bits per heavy atom.